The molecule has 0 aliphatic carbocycles. The molecular weight excluding hydrogens is 257 g/mol. The molecular formula is C15H20FN3O. The molecule has 1 aromatic carbocycles. The molecule has 20 heavy (non-hydrogen) atoms. The van der Waals surface area contributed by atoms with Crippen molar-refractivity contribution in [3.05, 3.63) is 47.6 Å². The van der Waals surface area contributed by atoms with E-state index in [9.17, 15) is 4.39 Å². The van der Waals surface area contributed by atoms with Crippen molar-refractivity contribution >= 4 is 5.69 Å². The van der Waals surface area contributed by atoms with Crippen LogP contribution in [-0.4, -0.2) is 18.2 Å². The topological polar surface area (TPSA) is 41.3 Å². The lowest BCUT2D eigenvalue weighted by Gasteiger charge is -2.17. The van der Waals surface area contributed by atoms with Crippen LogP contribution >= 0.6 is 0 Å². The predicted octanol–water partition coefficient (Wildman–Crippen LogP) is 2.95. The van der Waals surface area contributed by atoms with Crippen molar-refractivity contribution in [1.82, 2.24) is 10.5 Å². The normalized spacial score (nSPS) is 11.1. The van der Waals surface area contributed by atoms with Gasteiger partial charge >= 0.3 is 0 Å². The molecule has 1 N–H and O–H groups in total. The van der Waals surface area contributed by atoms with E-state index >= 15 is 0 Å². The van der Waals surface area contributed by atoms with Crippen LogP contribution in [-0.2, 0) is 13.1 Å². The summed E-state index contributed by atoms with van der Waals surface area (Å²) in [6, 6.07) is 8.98. The summed E-state index contributed by atoms with van der Waals surface area (Å²) in [7, 11) is 1.83. The Hall–Kier alpha value is -1.88. The molecule has 0 fully saturated rings. The first-order valence-electron chi connectivity index (χ1n) is 6.70. The molecule has 0 aliphatic rings. The number of para-hydroxylation sites is 1. The molecule has 0 saturated heterocycles. The van der Waals surface area contributed by atoms with E-state index in [4.69, 9.17) is 4.52 Å². The number of benzene rings is 1. The quantitative estimate of drug-likeness (QED) is 0.881. The predicted molar refractivity (Wildman–Crippen MR) is 77.0 cm³/mol. The SMILES string of the molecule is CC(C)NCc1cc(CN(C)c2ccccc2F)on1. The third-order valence-electron chi connectivity index (χ3n) is 2.96. The van der Waals surface area contributed by atoms with E-state index < -0.39 is 0 Å². The Balaban J connectivity index is 1.98. The van der Waals surface area contributed by atoms with Crippen LogP contribution in [0.2, 0.25) is 0 Å². The number of halogens is 1. The first kappa shape index (κ1) is 14.5. The number of aromatic nitrogens is 1. The van der Waals surface area contributed by atoms with Gasteiger partial charge in [0.05, 0.1) is 17.9 Å². The summed E-state index contributed by atoms with van der Waals surface area (Å²) in [6.07, 6.45) is 0. The lowest BCUT2D eigenvalue weighted by atomic mass is 10.2. The van der Waals surface area contributed by atoms with Crippen molar-refractivity contribution in [1.29, 1.82) is 0 Å². The maximum Gasteiger partial charge on any atom is 0.156 e. The molecule has 0 amide bonds. The monoisotopic (exact) mass is 277 g/mol. The molecule has 0 unspecified atom stereocenters. The molecule has 2 rings (SSSR count). The summed E-state index contributed by atoms with van der Waals surface area (Å²) < 4.78 is 18.9. The average molecular weight is 277 g/mol. The maximum atomic E-state index is 13.7. The number of hydrogen-bond donors (Lipinski definition) is 1. The fraction of sp³-hybridized carbons (Fsp3) is 0.400. The number of rotatable bonds is 6. The first-order valence-corrected chi connectivity index (χ1v) is 6.70. The fourth-order valence-electron chi connectivity index (χ4n) is 1.90. The number of anilines is 1. The highest BCUT2D eigenvalue weighted by Gasteiger charge is 2.11. The highest BCUT2D eigenvalue weighted by Crippen LogP contribution is 2.19. The highest BCUT2D eigenvalue weighted by molar-refractivity contribution is 5.46. The van der Waals surface area contributed by atoms with Crippen molar-refractivity contribution in [3.8, 4) is 0 Å². The van der Waals surface area contributed by atoms with Crippen molar-refractivity contribution in [2.24, 2.45) is 0 Å². The lowest BCUT2D eigenvalue weighted by molar-refractivity contribution is 0.373. The van der Waals surface area contributed by atoms with Crippen molar-refractivity contribution in [3.63, 3.8) is 0 Å². The van der Waals surface area contributed by atoms with E-state index in [0.717, 1.165) is 11.5 Å². The molecule has 1 heterocycles. The van der Waals surface area contributed by atoms with Gasteiger partial charge in [0, 0.05) is 25.7 Å². The minimum absolute atomic E-state index is 0.240. The van der Waals surface area contributed by atoms with Gasteiger partial charge in [-0.2, -0.15) is 0 Å². The Morgan fingerprint density at radius 2 is 2.10 bits per heavy atom. The minimum atomic E-state index is -0.240. The molecule has 0 radical (unpaired) electrons. The third kappa shape index (κ3) is 3.81. The fourth-order valence-corrected chi connectivity index (χ4v) is 1.90. The Morgan fingerprint density at radius 3 is 2.80 bits per heavy atom. The highest BCUT2D eigenvalue weighted by atomic mass is 19.1. The van der Waals surface area contributed by atoms with Gasteiger partial charge in [0.1, 0.15) is 5.82 Å². The summed E-state index contributed by atoms with van der Waals surface area (Å²) in [5, 5.41) is 7.27. The van der Waals surface area contributed by atoms with E-state index in [0.29, 0.717) is 24.8 Å². The van der Waals surface area contributed by atoms with Crippen LogP contribution in [0, 0.1) is 5.82 Å². The van der Waals surface area contributed by atoms with Crippen LogP contribution in [0.5, 0.6) is 0 Å². The molecule has 1 aromatic heterocycles. The van der Waals surface area contributed by atoms with Crippen LogP contribution in [0.25, 0.3) is 0 Å². The van der Waals surface area contributed by atoms with Crippen LogP contribution < -0.4 is 10.2 Å². The van der Waals surface area contributed by atoms with E-state index in [2.05, 4.69) is 24.3 Å². The molecule has 0 bridgehead atoms. The summed E-state index contributed by atoms with van der Waals surface area (Å²) in [6.45, 7) is 5.31. The van der Waals surface area contributed by atoms with E-state index in [1.807, 2.05) is 19.2 Å². The molecule has 0 atom stereocenters. The summed E-state index contributed by atoms with van der Waals surface area (Å²) >= 11 is 0. The average Bonchev–Trinajstić information content (AvgIpc) is 2.84. The number of nitrogens with zero attached hydrogens (tertiary/aromatic N) is 2. The standard InChI is InChI=1S/C15H20FN3O/c1-11(2)17-9-12-8-13(20-18-12)10-19(3)15-7-5-4-6-14(15)16/h4-8,11,17H,9-10H2,1-3H3. The third-order valence-corrected chi connectivity index (χ3v) is 2.96. The first-order chi connectivity index (χ1) is 9.56. The number of hydrogen-bond acceptors (Lipinski definition) is 4. The van der Waals surface area contributed by atoms with Crippen LogP contribution in [0.4, 0.5) is 10.1 Å². The second kappa shape index (κ2) is 6.52. The van der Waals surface area contributed by atoms with Gasteiger partial charge < -0.3 is 14.7 Å². The summed E-state index contributed by atoms with van der Waals surface area (Å²) in [5.41, 5.74) is 1.40. The van der Waals surface area contributed by atoms with Gasteiger partial charge in [-0.25, -0.2) is 4.39 Å². The Bertz CT molecular complexity index is 554. The molecule has 0 spiro atoms. The van der Waals surface area contributed by atoms with E-state index in [1.165, 1.54) is 6.07 Å². The zero-order chi connectivity index (χ0) is 14.5. The second-order valence-corrected chi connectivity index (χ2v) is 5.13. The van der Waals surface area contributed by atoms with Gasteiger partial charge in [0.15, 0.2) is 5.76 Å². The van der Waals surface area contributed by atoms with Crippen LogP contribution in [0.3, 0.4) is 0 Å². The van der Waals surface area contributed by atoms with Gasteiger partial charge in [-0.15, -0.1) is 0 Å². The summed E-state index contributed by atoms with van der Waals surface area (Å²) in [5.74, 6) is 0.479. The van der Waals surface area contributed by atoms with E-state index in [1.54, 1.807) is 17.0 Å². The Kier molecular flexibility index (Phi) is 4.74. The zero-order valence-electron chi connectivity index (χ0n) is 12.1. The summed E-state index contributed by atoms with van der Waals surface area (Å²) in [4.78, 5) is 1.80. The molecule has 2 aromatic rings. The lowest BCUT2D eigenvalue weighted by Crippen LogP contribution is -2.21. The van der Waals surface area contributed by atoms with Crippen molar-refractivity contribution in [2.45, 2.75) is 33.0 Å². The molecule has 0 saturated carbocycles. The largest absolute Gasteiger partial charge is 0.365 e. The molecule has 0 aliphatic heterocycles. The van der Waals surface area contributed by atoms with Gasteiger partial charge in [0.2, 0.25) is 0 Å². The second-order valence-electron chi connectivity index (χ2n) is 5.13. The van der Waals surface area contributed by atoms with Gasteiger partial charge in [-0.3, -0.25) is 0 Å². The van der Waals surface area contributed by atoms with Crippen LogP contribution in [0.1, 0.15) is 25.3 Å². The van der Waals surface area contributed by atoms with Crippen molar-refractivity contribution in [2.75, 3.05) is 11.9 Å². The van der Waals surface area contributed by atoms with Crippen LogP contribution in [0.15, 0.2) is 34.9 Å². The Morgan fingerprint density at radius 1 is 1.35 bits per heavy atom. The Labute approximate surface area is 118 Å². The molecule has 108 valence electrons. The maximum absolute atomic E-state index is 13.7. The van der Waals surface area contributed by atoms with E-state index in [-0.39, 0.29) is 5.82 Å². The molecule has 4 nitrogen and oxygen atoms in total. The van der Waals surface area contributed by atoms with Gasteiger partial charge in [0.25, 0.3) is 0 Å². The van der Waals surface area contributed by atoms with Crippen molar-refractivity contribution < 1.29 is 8.91 Å². The van der Waals surface area contributed by atoms with Gasteiger partial charge in [-0.1, -0.05) is 31.1 Å². The zero-order valence-corrected chi connectivity index (χ0v) is 12.1. The molecule has 5 heteroatoms. The van der Waals surface area contributed by atoms with Gasteiger partial charge in [-0.05, 0) is 12.1 Å². The minimum Gasteiger partial charge on any atom is -0.365 e. The number of nitrogens with one attached hydrogen (secondary N) is 1. The smallest absolute Gasteiger partial charge is 0.156 e.